The maximum atomic E-state index is 10.2. The quantitative estimate of drug-likeness (QED) is 0.504. The van der Waals surface area contributed by atoms with Crippen LogP contribution in [-0.4, -0.2) is 66.6 Å². The molecular formula is C11H15N5O5. The van der Waals surface area contributed by atoms with Crippen molar-refractivity contribution in [1.29, 1.82) is 0 Å². The van der Waals surface area contributed by atoms with Gasteiger partial charge in [-0.05, 0) is 0 Å². The number of nitrogens with two attached hydrogens (primary N) is 1. The second-order valence-corrected chi connectivity index (χ2v) is 4.70. The SMILES string of the molecule is COC1(CO)OC(n2cnc3c(N)ncnc32)C(O)C1O. The van der Waals surface area contributed by atoms with Gasteiger partial charge in [-0.15, -0.1) is 0 Å². The first kappa shape index (κ1) is 14.1. The molecule has 1 aliphatic heterocycles. The van der Waals surface area contributed by atoms with Crippen molar-refractivity contribution in [2.45, 2.75) is 24.2 Å². The number of anilines is 1. The van der Waals surface area contributed by atoms with E-state index < -0.39 is 30.8 Å². The molecule has 0 bridgehead atoms. The number of nitrogens with zero attached hydrogens (tertiary/aromatic N) is 4. The molecule has 5 N–H and O–H groups in total. The standard InChI is InChI=1S/C11H15N5O5/c1-20-11(2-17)7(19)6(18)10(21-11)16-4-15-5-8(12)13-3-14-9(5)16/h3-4,6-7,10,17-19H,2H2,1H3,(H2,12,13,14). The predicted molar refractivity (Wildman–Crippen MR) is 68.7 cm³/mol. The van der Waals surface area contributed by atoms with E-state index in [1.165, 1.54) is 24.3 Å². The summed E-state index contributed by atoms with van der Waals surface area (Å²) < 4.78 is 11.9. The van der Waals surface area contributed by atoms with Crippen LogP contribution in [0.4, 0.5) is 5.82 Å². The van der Waals surface area contributed by atoms with E-state index in [2.05, 4.69) is 15.0 Å². The summed E-state index contributed by atoms with van der Waals surface area (Å²) in [7, 11) is 1.26. The molecule has 4 atom stereocenters. The maximum Gasteiger partial charge on any atom is 0.222 e. The number of aliphatic hydroxyl groups is 3. The lowest BCUT2D eigenvalue weighted by molar-refractivity contribution is -0.269. The van der Waals surface area contributed by atoms with Gasteiger partial charge in [-0.25, -0.2) is 15.0 Å². The molecule has 1 saturated heterocycles. The average Bonchev–Trinajstić information content (AvgIpc) is 3.02. The van der Waals surface area contributed by atoms with Crippen LogP contribution in [0.25, 0.3) is 11.2 Å². The van der Waals surface area contributed by atoms with Crippen molar-refractivity contribution < 1.29 is 24.8 Å². The summed E-state index contributed by atoms with van der Waals surface area (Å²) in [6, 6.07) is 0. The summed E-state index contributed by atoms with van der Waals surface area (Å²) in [5.41, 5.74) is 6.38. The van der Waals surface area contributed by atoms with Crippen molar-refractivity contribution >= 4 is 17.0 Å². The lowest BCUT2D eigenvalue weighted by atomic mass is 10.1. The fourth-order valence-electron chi connectivity index (χ4n) is 2.40. The first-order valence-corrected chi connectivity index (χ1v) is 6.17. The van der Waals surface area contributed by atoms with E-state index in [9.17, 15) is 15.3 Å². The lowest BCUT2D eigenvalue weighted by Crippen LogP contribution is -2.47. The smallest absolute Gasteiger partial charge is 0.222 e. The molecule has 1 fully saturated rings. The molecule has 3 heterocycles. The van der Waals surface area contributed by atoms with E-state index >= 15 is 0 Å². The van der Waals surface area contributed by atoms with Crippen molar-refractivity contribution in [3.8, 4) is 0 Å². The Kier molecular flexibility index (Phi) is 3.26. The van der Waals surface area contributed by atoms with Gasteiger partial charge in [0.15, 0.2) is 17.7 Å². The zero-order chi connectivity index (χ0) is 15.2. The van der Waals surface area contributed by atoms with Crippen LogP contribution >= 0.6 is 0 Å². The molecule has 0 radical (unpaired) electrons. The minimum absolute atomic E-state index is 0.187. The normalized spacial score (nSPS) is 32.9. The summed E-state index contributed by atoms with van der Waals surface area (Å²) in [6.45, 7) is -0.623. The molecule has 2 aromatic heterocycles. The van der Waals surface area contributed by atoms with Gasteiger partial charge in [0.1, 0.15) is 30.7 Å². The second kappa shape index (κ2) is 4.86. The molecule has 10 nitrogen and oxygen atoms in total. The summed E-state index contributed by atoms with van der Waals surface area (Å²) in [6.07, 6.45) is -1.20. The number of fused-ring (bicyclic) bond motifs is 1. The van der Waals surface area contributed by atoms with E-state index in [-0.39, 0.29) is 5.82 Å². The fourth-order valence-corrected chi connectivity index (χ4v) is 2.40. The van der Waals surface area contributed by atoms with Crippen LogP contribution in [0.1, 0.15) is 6.23 Å². The molecule has 0 amide bonds. The number of nitrogen functional groups attached to an aromatic ring is 1. The van der Waals surface area contributed by atoms with Gasteiger partial charge in [-0.1, -0.05) is 0 Å². The number of hydrogen-bond donors (Lipinski definition) is 4. The Balaban J connectivity index is 2.06. The van der Waals surface area contributed by atoms with Crippen molar-refractivity contribution in [1.82, 2.24) is 19.5 Å². The van der Waals surface area contributed by atoms with Gasteiger partial charge in [-0.2, -0.15) is 0 Å². The number of methoxy groups -OCH3 is 1. The van der Waals surface area contributed by atoms with Crippen molar-refractivity contribution in [2.75, 3.05) is 19.5 Å². The molecule has 2 aromatic rings. The average molecular weight is 297 g/mol. The van der Waals surface area contributed by atoms with Crippen LogP contribution in [0.5, 0.6) is 0 Å². The van der Waals surface area contributed by atoms with Crippen LogP contribution in [0.2, 0.25) is 0 Å². The topological polar surface area (TPSA) is 149 Å². The number of hydrogen-bond acceptors (Lipinski definition) is 9. The Morgan fingerprint density at radius 1 is 1.43 bits per heavy atom. The van der Waals surface area contributed by atoms with E-state index in [0.717, 1.165) is 0 Å². The van der Waals surface area contributed by atoms with Crippen LogP contribution in [-0.2, 0) is 9.47 Å². The molecular weight excluding hydrogens is 282 g/mol. The predicted octanol–water partition coefficient (Wildman–Crippen LogP) is -2.01. The van der Waals surface area contributed by atoms with Crippen LogP contribution in [0.15, 0.2) is 12.7 Å². The molecule has 0 aromatic carbocycles. The Labute approximate surface area is 118 Å². The Morgan fingerprint density at radius 3 is 2.81 bits per heavy atom. The van der Waals surface area contributed by atoms with Crippen molar-refractivity contribution in [3.63, 3.8) is 0 Å². The number of imidazole rings is 1. The van der Waals surface area contributed by atoms with Crippen LogP contribution in [0.3, 0.4) is 0 Å². The summed E-state index contributed by atoms with van der Waals surface area (Å²) in [5, 5.41) is 29.6. The van der Waals surface area contributed by atoms with Gasteiger partial charge >= 0.3 is 0 Å². The van der Waals surface area contributed by atoms with Crippen LogP contribution < -0.4 is 5.73 Å². The molecule has 1 aliphatic rings. The number of ether oxygens (including phenoxy) is 2. The third-order valence-electron chi connectivity index (χ3n) is 3.61. The van der Waals surface area contributed by atoms with E-state index in [1.54, 1.807) is 0 Å². The monoisotopic (exact) mass is 297 g/mol. The zero-order valence-corrected chi connectivity index (χ0v) is 11.1. The number of aliphatic hydroxyl groups excluding tert-OH is 3. The molecule has 4 unspecified atom stereocenters. The fraction of sp³-hybridized carbons (Fsp3) is 0.545. The highest BCUT2D eigenvalue weighted by Crippen LogP contribution is 2.38. The lowest BCUT2D eigenvalue weighted by Gasteiger charge is -2.27. The molecule has 0 saturated carbocycles. The minimum Gasteiger partial charge on any atom is -0.391 e. The Morgan fingerprint density at radius 2 is 2.19 bits per heavy atom. The number of rotatable bonds is 3. The first-order chi connectivity index (χ1) is 10.0. The van der Waals surface area contributed by atoms with E-state index in [0.29, 0.717) is 11.2 Å². The van der Waals surface area contributed by atoms with Gasteiger partial charge in [0, 0.05) is 7.11 Å². The highest BCUT2D eigenvalue weighted by Gasteiger charge is 2.55. The largest absolute Gasteiger partial charge is 0.391 e. The van der Waals surface area contributed by atoms with Crippen molar-refractivity contribution in [2.24, 2.45) is 0 Å². The molecule has 3 rings (SSSR count). The van der Waals surface area contributed by atoms with Crippen molar-refractivity contribution in [3.05, 3.63) is 12.7 Å². The maximum absolute atomic E-state index is 10.2. The molecule has 21 heavy (non-hydrogen) atoms. The minimum atomic E-state index is -1.71. The number of aromatic nitrogens is 4. The van der Waals surface area contributed by atoms with Gasteiger partial charge < -0.3 is 30.5 Å². The molecule has 0 spiro atoms. The second-order valence-electron chi connectivity index (χ2n) is 4.70. The van der Waals surface area contributed by atoms with E-state index in [1.807, 2.05) is 0 Å². The van der Waals surface area contributed by atoms with Crippen LogP contribution in [0, 0.1) is 0 Å². The molecule has 114 valence electrons. The summed E-state index contributed by atoms with van der Waals surface area (Å²) >= 11 is 0. The zero-order valence-electron chi connectivity index (χ0n) is 11.1. The Bertz CT molecular complexity index is 657. The van der Waals surface area contributed by atoms with Gasteiger partial charge in [-0.3, -0.25) is 4.57 Å². The third kappa shape index (κ3) is 1.88. The first-order valence-electron chi connectivity index (χ1n) is 6.17. The highest BCUT2D eigenvalue weighted by atomic mass is 16.7. The van der Waals surface area contributed by atoms with Gasteiger partial charge in [0.2, 0.25) is 5.79 Å². The Hall–Kier alpha value is -1.85. The summed E-state index contributed by atoms with van der Waals surface area (Å²) in [5.74, 6) is -1.52. The van der Waals surface area contributed by atoms with Gasteiger partial charge in [0.05, 0.1) is 6.33 Å². The van der Waals surface area contributed by atoms with Gasteiger partial charge in [0.25, 0.3) is 0 Å². The summed E-state index contributed by atoms with van der Waals surface area (Å²) in [4.78, 5) is 11.9. The highest BCUT2D eigenvalue weighted by molar-refractivity contribution is 5.81. The third-order valence-corrected chi connectivity index (χ3v) is 3.61. The van der Waals surface area contributed by atoms with E-state index in [4.69, 9.17) is 15.2 Å². The molecule has 10 heteroatoms. The molecule has 0 aliphatic carbocycles.